The minimum absolute atomic E-state index is 0.347. The van der Waals surface area contributed by atoms with Crippen molar-refractivity contribution in [3.63, 3.8) is 0 Å². The molecule has 0 aliphatic heterocycles. The molecule has 0 rings (SSSR count). The summed E-state index contributed by atoms with van der Waals surface area (Å²) in [5.41, 5.74) is 0. The second-order valence-corrected chi connectivity index (χ2v) is 4.89. The molecule has 0 atom stereocenters. The molecule has 0 spiro atoms. The van der Waals surface area contributed by atoms with Gasteiger partial charge in [0, 0.05) is 0 Å². The van der Waals surface area contributed by atoms with Gasteiger partial charge < -0.3 is 4.74 Å². The third kappa shape index (κ3) is 4.25. The lowest BCUT2D eigenvalue weighted by atomic mass is 9.96. The summed E-state index contributed by atoms with van der Waals surface area (Å²) in [6.07, 6.45) is 0.347. The minimum atomic E-state index is 0.347. The van der Waals surface area contributed by atoms with Crippen molar-refractivity contribution in [3.05, 3.63) is 12.0 Å². The zero-order chi connectivity index (χ0) is 9.02. The first-order chi connectivity index (χ1) is 4.95. The predicted octanol–water partition coefficient (Wildman–Crippen LogP) is 1.52. The van der Waals surface area contributed by atoms with Crippen LogP contribution in [0.4, 0.5) is 0 Å². The fourth-order valence-corrected chi connectivity index (χ4v) is 1.55. The van der Waals surface area contributed by atoms with Crippen LogP contribution >= 0.6 is 0 Å². The Kier molecular flexibility index (Phi) is 4.50. The van der Waals surface area contributed by atoms with Crippen LogP contribution in [0.2, 0.25) is 0 Å². The molecule has 0 saturated heterocycles. The summed E-state index contributed by atoms with van der Waals surface area (Å²) < 4.78 is 5.64. The summed E-state index contributed by atoms with van der Waals surface area (Å²) in [5.74, 6) is 1.17. The lowest BCUT2D eigenvalue weighted by Gasteiger charge is -2.26. The monoisotopic (exact) mass is 172 g/mol. The van der Waals surface area contributed by atoms with Crippen LogP contribution in [-0.2, 0) is 4.74 Å². The van der Waals surface area contributed by atoms with Crippen LogP contribution in [-0.4, -0.2) is 16.3 Å². The lowest BCUT2D eigenvalue weighted by molar-refractivity contribution is 0.0533. The van der Waals surface area contributed by atoms with Gasteiger partial charge in [-0.1, -0.05) is 34.3 Å². The summed E-state index contributed by atoms with van der Waals surface area (Å²) in [4.78, 5) is 0. The molecule has 0 radical (unpaired) electrons. The Bertz CT molecular complexity index is 122. The van der Waals surface area contributed by atoms with Gasteiger partial charge in [-0.2, -0.15) is 0 Å². The third-order valence-corrected chi connectivity index (χ3v) is 1.89. The van der Waals surface area contributed by atoms with Gasteiger partial charge in [0.15, 0.2) is 0 Å². The van der Waals surface area contributed by atoms with E-state index in [1.807, 2.05) is 0 Å². The van der Waals surface area contributed by atoms with Gasteiger partial charge in [-0.3, -0.25) is 0 Å². The number of hydrogen-bond acceptors (Lipinski definition) is 1. The van der Waals surface area contributed by atoms with E-state index in [1.165, 1.54) is 0 Å². The highest BCUT2D eigenvalue weighted by molar-refractivity contribution is 6.19. The van der Waals surface area contributed by atoms with Gasteiger partial charge in [-0.05, 0) is 11.8 Å². The fourth-order valence-electron chi connectivity index (χ4n) is 1.27. The zero-order valence-corrected chi connectivity index (χ0v) is 10.3. The summed E-state index contributed by atoms with van der Waals surface area (Å²) in [6.45, 7) is 12.6. The average molecular weight is 172 g/mol. The maximum absolute atomic E-state index is 5.64. The van der Waals surface area contributed by atoms with E-state index in [2.05, 4.69) is 34.3 Å². The molecule has 0 unspecified atom stereocenters. The van der Waals surface area contributed by atoms with Gasteiger partial charge in [0.1, 0.15) is 6.10 Å². The van der Waals surface area contributed by atoms with E-state index in [0.29, 0.717) is 17.9 Å². The molecule has 0 aliphatic rings. The Morgan fingerprint density at radius 1 is 1.18 bits per heavy atom. The quantitative estimate of drug-likeness (QED) is 0.461. The predicted molar refractivity (Wildman–Crippen MR) is 53.6 cm³/mol. The van der Waals surface area contributed by atoms with Gasteiger partial charge in [-0.25, -0.2) is 0 Å². The molecule has 0 aromatic carbocycles. The van der Waals surface area contributed by atoms with E-state index in [9.17, 15) is 0 Å². The van der Waals surface area contributed by atoms with Crippen LogP contribution < -0.4 is 0 Å². The Balaban J connectivity index is 4.00. The van der Waals surface area contributed by atoms with Crippen molar-refractivity contribution in [3.8, 4) is 0 Å². The molecule has 0 heterocycles. The maximum Gasteiger partial charge on any atom is 0.102 e. The molecule has 0 aliphatic carbocycles. The maximum atomic E-state index is 5.64. The van der Waals surface area contributed by atoms with Crippen molar-refractivity contribution in [1.29, 1.82) is 0 Å². The molecular weight excluding hydrogens is 152 g/mol. The molecular formula is C9H20OSi. The van der Waals surface area contributed by atoms with Gasteiger partial charge >= 0.3 is 0 Å². The molecule has 66 valence electrons. The van der Waals surface area contributed by atoms with Crippen LogP contribution in [0.25, 0.3) is 0 Å². The van der Waals surface area contributed by atoms with Crippen LogP contribution in [0.5, 0.6) is 0 Å². The zero-order valence-electron chi connectivity index (χ0n) is 8.35. The number of rotatable bonds is 4. The van der Waals surface area contributed by atoms with Crippen molar-refractivity contribution in [2.75, 3.05) is 0 Å². The van der Waals surface area contributed by atoms with Crippen LogP contribution in [0.1, 0.15) is 27.7 Å². The molecule has 0 saturated carbocycles. The Hall–Kier alpha value is -0.243. The van der Waals surface area contributed by atoms with E-state index < -0.39 is 0 Å². The summed E-state index contributed by atoms with van der Waals surface area (Å²) in [6, 6.07) is 0. The molecule has 0 bridgehead atoms. The first-order valence-corrected chi connectivity index (χ1v) is 5.27. The van der Waals surface area contributed by atoms with Crippen molar-refractivity contribution in [1.82, 2.24) is 0 Å². The second-order valence-electron chi connectivity index (χ2n) is 3.77. The van der Waals surface area contributed by atoms with Gasteiger partial charge in [0.05, 0.1) is 15.6 Å². The van der Waals surface area contributed by atoms with Crippen LogP contribution in [0, 0.1) is 11.8 Å². The summed E-state index contributed by atoms with van der Waals surface area (Å²) >= 11 is 0. The Morgan fingerprint density at radius 3 is 1.64 bits per heavy atom. The molecule has 0 fully saturated rings. The minimum Gasteiger partial charge on any atom is -0.501 e. The average Bonchev–Trinajstić information content (AvgIpc) is 1.81. The van der Waals surface area contributed by atoms with Crippen molar-refractivity contribution >= 4 is 10.2 Å². The van der Waals surface area contributed by atoms with E-state index >= 15 is 0 Å². The molecule has 0 aromatic heterocycles. The highest BCUT2D eigenvalue weighted by Crippen LogP contribution is 2.17. The topological polar surface area (TPSA) is 9.23 Å². The third-order valence-electron chi connectivity index (χ3n) is 1.65. The number of hydrogen-bond donors (Lipinski definition) is 0. The van der Waals surface area contributed by atoms with Gasteiger partial charge in [-0.15, -0.1) is 0 Å². The lowest BCUT2D eigenvalue weighted by Crippen LogP contribution is -2.25. The van der Waals surface area contributed by atoms with Gasteiger partial charge in [0.2, 0.25) is 0 Å². The first-order valence-electron chi connectivity index (χ1n) is 4.27. The van der Waals surface area contributed by atoms with Crippen molar-refractivity contribution in [2.24, 2.45) is 11.8 Å². The van der Waals surface area contributed by atoms with Crippen LogP contribution in [0.15, 0.2) is 12.0 Å². The summed E-state index contributed by atoms with van der Waals surface area (Å²) in [7, 11) is 0.942. The first kappa shape index (κ1) is 10.8. The van der Waals surface area contributed by atoms with E-state index in [0.717, 1.165) is 15.6 Å². The van der Waals surface area contributed by atoms with Gasteiger partial charge in [0.25, 0.3) is 0 Å². The highest BCUT2D eigenvalue weighted by Gasteiger charge is 2.18. The molecule has 0 amide bonds. The fraction of sp³-hybridized carbons (Fsp3) is 0.778. The molecule has 0 aromatic rings. The molecule has 0 N–H and O–H groups in total. The van der Waals surface area contributed by atoms with Crippen LogP contribution in [0.3, 0.4) is 0 Å². The highest BCUT2D eigenvalue weighted by atomic mass is 28.1. The summed E-state index contributed by atoms with van der Waals surface area (Å²) in [5, 5.41) is 0.956. The second kappa shape index (κ2) is 4.60. The largest absolute Gasteiger partial charge is 0.501 e. The van der Waals surface area contributed by atoms with Crippen molar-refractivity contribution in [2.45, 2.75) is 33.8 Å². The smallest absolute Gasteiger partial charge is 0.102 e. The van der Waals surface area contributed by atoms with Crippen molar-refractivity contribution < 1.29 is 4.74 Å². The standard InChI is InChI=1S/C9H20OSi/c1-6(2)9(7(3)4)10-8(5)11/h6-7,9H,5H2,1-4,11H3. The normalized spacial score (nSPS) is 11.5. The Morgan fingerprint density at radius 2 is 1.55 bits per heavy atom. The SMILES string of the molecule is C=C([SiH3])OC(C(C)C)C(C)C. The van der Waals surface area contributed by atoms with E-state index in [4.69, 9.17) is 4.74 Å². The number of ether oxygens (including phenoxy) is 1. The Labute approximate surface area is 73.3 Å². The molecule has 2 heteroatoms. The molecule has 11 heavy (non-hydrogen) atoms. The molecule has 1 nitrogen and oxygen atoms in total. The van der Waals surface area contributed by atoms with E-state index in [-0.39, 0.29) is 0 Å². The van der Waals surface area contributed by atoms with E-state index in [1.54, 1.807) is 0 Å².